The molecule has 1 aliphatic rings. The van der Waals surface area contributed by atoms with Gasteiger partial charge in [-0.2, -0.15) is 0 Å². The fraction of sp³-hybridized carbons (Fsp3) is 0.571. The first-order valence-electron chi connectivity index (χ1n) is 6.60. The molecule has 0 aromatic carbocycles. The van der Waals surface area contributed by atoms with Gasteiger partial charge in [0.2, 0.25) is 0 Å². The van der Waals surface area contributed by atoms with Gasteiger partial charge in [0.05, 0.1) is 5.56 Å². The lowest BCUT2D eigenvalue weighted by Gasteiger charge is -2.18. The quantitative estimate of drug-likeness (QED) is 0.847. The van der Waals surface area contributed by atoms with Gasteiger partial charge in [-0.3, -0.25) is 9.78 Å². The molecule has 18 heavy (non-hydrogen) atoms. The highest BCUT2D eigenvalue weighted by Crippen LogP contribution is 2.30. The van der Waals surface area contributed by atoms with Gasteiger partial charge >= 0.3 is 0 Å². The SMILES string of the molecule is Cc1cncc(C(=O)NCC2CCCC2CN)c1. The molecule has 2 unspecified atom stereocenters. The highest BCUT2D eigenvalue weighted by Gasteiger charge is 2.26. The first-order chi connectivity index (χ1) is 8.70. The Labute approximate surface area is 108 Å². The lowest BCUT2D eigenvalue weighted by molar-refractivity contribution is 0.0943. The van der Waals surface area contributed by atoms with Crippen LogP contribution >= 0.6 is 0 Å². The fourth-order valence-corrected chi connectivity index (χ4v) is 2.70. The molecule has 98 valence electrons. The van der Waals surface area contributed by atoms with Gasteiger partial charge in [-0.1, -0.05) is 6.42 Å². The number of aryl methyl sites for hydroxylation is 1. The number of carbonyl (C=O) groups is 1. The second kappa shape index (κ2) is 5.96. The molecule has 2 rings (SSSR count). The van der Waals surface area contributed by atoms with Gasteiger partial charge < -0.3 is 11.1 Å². The van der Waals surface area contributed by atoms with E-state index in [0.29, 0.717) is 17.4 Å². The molecular formula is C14H21N3O. The first kappa shape index (κ1) is 13.0. The van der Waals surface area contributed by atoms with Crippen molar-refractivity contribution in [3.8, 4) is 0 Å². The number of amides is 1. The summed E-state index contributed by atoms with van der Waals surface area (Å²) in [5.41, 5.74) is 7.38. The molecule has 1 amide bonds. The third-order valence-electron chi connectivity index (χ3n) is 3.78. The van der Waals surface area contributed by atoms with Crippen molar-refractivity contribution >= 4 is 5.91 Å². The van der Waals surface area contributed by atoms with Gasteiger partial charge in [0.15, 0.2) is 0 Å². The van der Waals surface area contributed by atoms with Crippen LogP contribution in [0.1, 0.15) is 35.2 Å². The number of nitrogens with two attached hydrogens (primary N) is 1. The smallest absolute Gasteiger partial charge is 0.252 e. The van der Waals surface area contributed by atoms with E-state index in [1.54, 1.807) is 12.4 Å². The van der Waals surface area contributed by atoms with E-state index in [2.05, 4.69) is 10.3 Å². The van der Waals surface area contributed by atoms with Crippen LogP contribution in [-0.4, -0.2) is 24.0 Å². The van der Waals surface area contributed by atoms with Crippen molar-refractivity contribution in [3.05, 3.63) is 29.6 Å². The molecule has 0 bridgehead atoms. The maximum absolute atomic E-state index is 12.0. The topological polar surface area (TPSA) is 68.0 Å². The zero-order valence-electron chi connectivity index (χ0n) is 10.9. The van der Waals surface area contributed by atoms with E-state index in [1.807, 2.05) is 13.0 Å². The van der Waals surface area contributed by atoms with Gasteiger partial charge in [-0.25, -0.2) is 0 Å². The van der Waals surface area contributed by atoms with E-state index in [4.69, 9.17) is 5.73 Å². The maximum Gasteiger partial charge on any atom is 0.252 e. The molecule has 1 heterocycles. The lowest BCUT2D eigenvalue weighted by atomic mass is 9.96. The molecule has 0 saturated heterocycles. The van der Waals surface area contributed by atoms with E-state index in [0.717, 1.165) is 18.7 Å². The highest BCUT2D eigenvalue weighted by molar-refractivity contribution is 5.93. The van der Waals surface area contributed by atoms with Crippen molar-refractivity contribution in [1.29, 1.82) is 0 Å². The number of hydrogen-bond acceptors (Lipinski definition) is 3. The highest BCUT2D eigenvalue weighted by atomic mass is 16.1. The van der Waals surface area contributed by atoms with Crippen LogP contribution in [0.25, 0.3) is 0 Å². The number of hydrogen-bond donors (Lipinski definition) is 2. The summed E-state index contributed by atoms with van der Waals surface area (Å²) in [7, 11) is 0. The van der Waals surface area contributed by atoms with Crippen molar-refractivity contribution in [2.24, 2.45) is 17.6 Å². The van der Waals surface area contributed by atoms with Gasteiger partial charge in [0.25, 0.3) is 5.91 Å². The van der Waals surface area contributed by atoms with Gasteiger partial charge in [-0.15, -0.1) is 0 Å². The average molecular weight is 247 g/mol. The molecule has 2 atom stereocenters. The molecule has 0 aliphatic heterocycles. The number of rotatable bonds is 4. The predicted octanol–water partition coefficient (Wildman–Crippen LogP) is 1.49. The van der Waals surface area contributed by atoms with Crippen LogP contribution < -0.4 is 11.1 Å². The van der Waals surface area contributed by atoms with Gasteiger partial charge in [0.1, 0.15) is 0 Å². The van der Waals surface area contributed by atoms with Crippen LogP contribution in [-0.2, 0) is 0 Å². The molecule has 1 saturated carbocycles. The minimum absolute atomic E-state index is 0.0335. The zero-order chi connectivity index (χ0) is 13.0. The van der Waals surface area contributed by atoms with Crippen molar-refractivity contribution < 1.29 is 4.79 Å². The molecule has 1 fully saturated rings. The summed E-state index contributed by atoms with van der Waals surface area (Å²) < 4.78 is 0. The molecule has 4 heteroatoms. The molecule has 1 aromatic heterocycles. The lowest BCUT2D eigenvalue weighted by Crippen LogP contribution is -2.32. The predicted molar refractivity (Wildman–Crippen MR) is 71.2 cm³/mol. The standard InChI is InChI=1S/C14H21N3O/c1-10-5-13(8-16-7-10)14(18)17-9-12-4-2-3-11(12)6-15/h5,7-8,11-12H,2-4,6,9,15H2,1H3,(H,17,18). The zero-order valence-corrected chi connectivity index (χ0v) is 10.9. The molecule has 4 nitrogen and oxygen atoms in total. The van der Waals surface area contributed by atoms with E-state index in [-0.39, 0.29) is 5.91 Å². The van der Waals surface area contributed by atoms with E-state index >= 15 is 0 Å². The Balaban J connectivity index is 1.88. The second-order valence-corrected chi connectivity index (χ2v) is 5.15. The summed E-state index contributed by atoms with van der Waals surface area (Å²) >= 11 is 0. The largest absolute Gasteiger partial charge is 0.352 e. The first-order valence-corrected chi connectivity index (χ1v) is 6.60. The van der Waals surface area contributed by atoms with E-state index < -0.39 is 0 Å². The van der Waals surface area contributed by atoms with Crippen molar-refractivity contribution in [2.45, 2.75) is 26.2 Å². The molecule has 1 aromatic rings. The molecule has 0 spiro atoms. The number of carbonyl (C=O) groups excluding carboxylic acids is 1. The van der Waals surface area contributed by atoms with Crippen molar-refractivity contribution in [2.75, 3.05) is 13.1 Å². The van der Waals surface area contributed by atoms with Crippen molar-refractivity contribution in [3.63, 3.8) is 0 Å². The Hall–Kier alpha value is -1.42. The normalized spacial score (nSPS) is 23.0. The van der Waals surface area contributed by atoms with Gasteiger partial charge in [0, 0.05) is 18.9 Å². The molecule has 1 aliphatic carbocycles. The maximum atomic E-state index is 12.0. The summed E-state index contributed by atoms with van der Waals surface area (Å²) in [6.45, 7) is 3.40. The Morgan fingerprint density at radius 2 is 2.22 bits per heavy atom. The Bertz CT molecular complexity index is 419. The van der Waals surface area contributed by atoms with Crippen LogP contribution in [0.2, 0.25) is 0 Å². The monoisotopic (exact) mass is 247 g/mol. The fourth-order valence-electron chi connectivity index (χ4n) is 2.70. The van der Waals surface area contributed by atoms with Crippen LogP contribution in [0.15, 0.2) is 18.5 Å². The van der Waals surface area contributed by atoms with Gasteiger partial charge in [-0.05, 0) is 49.8 Å². The third-order valence-corrected chi connectivity index (χ3v) is 3.78. The van der Waals surface area contributed by atoms with Crippen LogP contribution in [0.3, 0.4) is 0 Å². The summed E-state index contributed by atoms with van der Waals surface area (Å²) in [4.78, 5) is 16.0. The Morgan fingerprint density at radius 3 is 2.94 bits per heavy atom. The molecule has 0 radical (unpaired) electrons. The number of aromatic nitrogens is 1. The van der Waals surface area contributed by atoms with E-state index in [1.165, 1.54) is 19.3 Å². The molecular weight excluding hydrogens is 226 g/mol. The van der Waals surface area contributed by atoms with Crippen LogP contribution in [0, 0.1) is 18.8 Å². The number of nitrogens with one attached hydrogen (secondary N) is 1. The summed E-state index contributed by atoms with van der Waals surface area (Å²) in [5.74, 6) is 1.08. The Kier molecular flexibility index (Phi) is 4.31. The Morgan fingerprint density at radius 1 is 1.44 bits per heavy atom. The summed E-state index contributed by atoms with van der Waals surface area (Å²) in [6, 6.07) is 1.86. The van der Waals surface area contributed by atoms with Crippen LogP contribution in [0.5, 0.6) is 0 Å². The summed E-state index contributed by atoms with van der Waals surface area (Å²) in [6.07, 6.45) is 6.96. The molecule has 3 N–H and O–H groups in total. The summed E-state index contributed by atoms with van der Waals surface area (Å²) in [5, 5.41) is 3.00. The van der Waals surface area contributed by atoms with Crippen molar-refractivity contribution in [1.82, 2.24) is 10.3 Å². The minimum atomic E-state index is -0.0335. The second-order valence-electron chi connectivity index (χ2n) is 5.15. The number of nitrogens with zero attached hydrogens (tertiary/aromatic N) is 1. The third kappa shape index (κ3) is 3.07. The van der Waals surface area contributed by atoms with Crippen LogP contribution in [0.4, 0.5) is 0 Å². The van der Waals surface area contributed by atoms with E-state index in [9.17, 15) is 4.79 Å². The number of pyridine rings is 1. The average Bonchev–Trinajstić information content (AvgIpc) is 2.83. The minimum Gasteiger partial charge on any atom is -0.352 e.